The summed E-state index contributed by atoms with van der Waals surface area (Å²) in [6.45, 7) is 4.17. The van der Waals surface area contributed by atoms with Crippen LogP contribution in [0.3, 0.4) is 0 Å². The first kappa shape index (κ1) is 54.3. The number of carbonyl (C=O) groups excluding carboxylic acids is 1. The fourth-order valence-corrected chi connectivity index (χ4v) is 7.27. The molecular formula is C51H95NO4. The summed E-state index contributed by atoms with van der Waals surface area (Å²) in [6, 6.07) is -0.826. The van der Waals surface area contributed by atoms with Gasteiger partial charge in [-0.15, -0.1) is 0 Å². The van der Waals surface area contributed by atoms with Crippen molar-refractivity contribution in [1.29, 1.82) is 0 Å². The Morgan fingerprint density at radius 3 is 1.09 bits per heavy atom. The van der Waals surface area contributed by atoms with Crippen LogP contribution in [0.2, 0.25) is 0 Å². The number of allylic oxidation sites excluding steroid dienone is 7. The predicted molar refractivity (Wildman–Crippen MR) is 245 cm³/mol. The van der Waals surface area contributed by atoms with Crippen molar-refractivity contribution in [3.8, 4) is 0 Å². The Balaban J connectivity index is 3.72. The van der Waals surface area contributed by atoms with Crippen molar-refractivity contribution in [2.24, 2.45) is 0 Å². The molecule has 0 saturated heterocycles. The Morgan fingerprint density at radius 1 is 0.429 bits per heavy atom. The molecule has 5 nitrogen and oxygen atoms in total. The van der Waals surface area contributed by atoms with Gasteiger partial charge in [0.2, 0.25) is 5.91 Å². The first-order valence-electron chi connectivity index (χ1n) is 24.5. The molecule has 3 atom stereocenters. The molecule has 0 aromatic carbocycles. The second kappa shape index (κ2) is 46.0. The largest absolute Gasteiger partial charge is 0.394 e. The number of nitrogens with one attached hydrogen (secondary N) is 1. The van der Waals surface area contributed by atoms with Gasteiger partial charge in [-0.05, 0) is 70.6 Å². The first-order chi connectivity index (χ1) is 27.6. The summed E-state index contributed by atoms with van der Waals surface area (Å²) in [5.74, 6) is -0.525. The van der Waals surface area contributed by atoms with Crippen LogP contribution < -0.4 is 5.32 Å². The zero-order valence-corrected chi connectivity index (χ0v) is 37.3. The molecule has 328 valence electrons. The summed E-state index contributed by atoms with van der Waals surface area (Å²) < 4.78 is 0. The number of rotatable bonds is 44. The number of aliphatic hydroxyl groups excluding tert-OH is 3. The van der Waals surface area contributed by atoms with Crippen LogP contribution in [0.1, 0.15) is 245 Å². The fourth-order valence-electron chi connectivity index (χ4n) is 7.27. The van der Waals surface area contributed by atoms with E-state index in [1.807, 2.05) is 6.08 Å². The molecule has 0 rings (SSSR count). The molecule has 4 N–H and O–H groups in total. The predicted octanol–water partition coefficient (Wildman–Crippen LogP) is 14.5. The highest BCUT2D eigenvalue weighted by molar-refractivity contribution is 5.80. The van der Waals surface area contributed by atoms with E-state index in [9.17, 15) is 20.1 Å². The molecule has 0 aliphatic rings. The molecule has 1 amide bonds. The first-order valence-corrected chi connectivity index (χ1v) is 24.5. The van der Waals surface area contributed by atoms with Gasteiger partial charge in [-0.2, -0.15) is 0 Å². The Labute approximate surface area is 348 Å². The lowest BCUT2D eigenvalue weighted by Gasteiger charge is -2.21. The van der Waals surface area contributed by atoms with E-state index in [2.05, 4.69) is 55.6 Å². The third kappa shape index (κ3) is 40.5. The van der Waals surface area contributed by atoms with E-state index in [4.69, 9.17) is 0 Å². The second-order valence-corrected chi connectivity index (χ2v) is 16.6. The van der Waals surface area contributed by atoms with Crippen molar-refractivity contribution in [1.82, 2.24) is 5.32 Å². The molecule has 0 spiro atoms. The lowest BCUT2D eigenvalue weighted by Crippen LogP contribution is -2.48. The summed E-state index contributed by atoms with van der Waals surface area (Å²) >= 11 is 0. The molecule has 5 heteroatoms. The summed E-state index contributed by atoms with van der Waals surface area (Å²) in [5.41, 5.74) is 0. The van der Waals surface area contributed by atoms with E-state index >= 15 is 0 Å². The maximum absolute atomic E-state index is 12.5. The van der Waals surface area contributed by atoms with Crippen molar-refractivity contribution < 1.29 is 20.1 Å². The molecule has 0 saturated carbocycles. The lowest BCUT2D eigenvalue weighted by atomic mass is 10.0. The fraction of sp³-hybridized carbons (Fsp3) is 0.824. The lowest BCUT2D eigenvalue weighted by molar-refractivity contribution is -0.131. The van der Waals surface area contributed by atoms with Gasteiger partial charge < -0.3 is 20.6 Å². The average molecular weight is 786 g/mol. The molecule has 0 aliphatic carbocycles. The minimum Gasteiger partial charge on any atom is -0.394 e. The zero-order valence-electron chi connectivity index (χ0n) is 37.3. The highest BCUT2D eigenvalue weighted by Crippen LogP contribution is 2.15. The van der Waals surface area contributed by atoms with Gasteiger partial charge in [0.05, 0.1) is 18.8 Å². The van der Waals surface area contributed by atoms with Crippen LogP contribution in [0.4, 0.5) is 0 Å². The van der Waals surface area contributed by atoms with Crippen molar-refractivity contribution in [2.45, 2.75) is 263 Å². The van der Waals surface area contributed by atoms with Crippen LogP contribution in [0.5, 0.6) is 0 Å². The van der Waals surface area contributed by atoms with E-state index in [0.717, 1.165) is 57.8 Å². The second-order valence-electron chi connectivity index (χ2n) is 16.6. The molecule has 0 fully saturated rings. The number of hydrogen-bond acceptors (Lipinski definition) is 4. The van der Waals surface area contributed by atoms with Crippen LogP contribution in [-0.2, 0) is 4.79 Å². The Morgan fingerprint density at radius 2 is 0.732 bits per heavy atom. The van der Waals surface area contributed by atoms with Crippen molar-refractivity contribution in [3.05, 3.63) is 48.6 Å². The smallest absolute Gasteiger partial charge is 0.249 e. The standard InChI is InChI=1S/C51H95NO4/c1-3-5-7-9-11-13-15-17-19-21-22-23-24-25-26-27-28-30-31-33-35-37-39-41-43-45-49(54)48(47-53)52-51(56)50(55)46-44-42-40-38-36-34-32-29-20-18-16-14-12-10-8-6-4-2/h28,30,32,34-35,37,43,45,48-50,53-55H,3-27,29,31,33,36,38-42,44,46-47H2,1-2H3,(H,52,56)/b30-28+,34-32-,37-35+,45-43+. The summed E-state index contributed by atoms with van der Waals surface area (Å²) in [6.07, 6.45) is 60.2. The Kier molecular flexibility index (Phi) is 44.6. The molecule has 56 heavy (non-hydrogen) atoms. The number of amides is 1. The maximum Gasteiger partial charge on any atom is 0.249 e. The van der Waals surface area contributed by atoms with E-state index in [-0.39, 0.29) is 6.61 Å². The van der Waals surface area contributed by atoms with Crippen LogP contribution in [0, 0.1) is 0 Å². The van der Waals surface area contributed by atoms with Gasteiger partial charge in [0.15, 0.2) is 0 Å². The van der Waals surface area contributed by atoms with E-state index < -0.39 is 24.2 Å². The molecule has 0 aliphatic heterocycles. The third-order valence-corrected chi connectivity index (χ3v) is 11.1. The molecule has 0 radical (unpaired) electrons. The average Bonchev–Trinajstić information content (AvgIpc) is 3.20. The van der Waals surface area contributed by atoms with Gasteiger partial charge in [-0.3, -0.25) is 4.79 Å². The molecular weight excluding hydrogens is 691 g/mol. The minimum atomic E-state index is -1.12. The maximum atomic E-state index is 12.5. The van der Waals surface area contributed by atoms with E-state index in [1.54, 1.807) is 6.08 Å². The van der Waals surface area contributed by atoms with E-state index in [1.165, 1.54) is 167 Å². The molecule has 0 heterocycles. The monoisotopic (exact) mass is 786 g/mol. The van der Waals surface area contributed by atoms with Crippen LogP contribution in [0.25, 0.3) is 0 Å². The van der Waals surface area contributed by atoms with Crippen molar-refractivity contribution in [3.63, 3.8) is 0 Å². The third-order valence-electron chi connectivity index (χ3n) is 11.1. The zero-order chi connectivity index (χ0) is 40.8. The topological polar surface area (TPSA) is 89.8 Å². The number of hydrogen-bond donors (Lipinski definition) is 4. The van der Waals surface area contributed by atoms with Crippen LogP contribution in [0.15, 0.2) is 48.6 Å². The normalized spacial score (nSPS) is 13.9. The van der Waals surface area contributed by atoms with Gasteiger partial charge in [-0.1, -0.05) is 223 Å². The highest BCUT2D eigenvalue weighted by Gasteiger charge is 2.22. The molecule has 3 unspecified atom stereocenters. The Hall–Kier alpha value is -1.69. The van der Waals surface area contributed by atoms with Crippen LogP contribution >= 0.6 is 0 Å². The van der Waals surface area contributed by atoms with Gasteiger partial charge in [0.1, 0.15) is 6.10 Å². The van der Waals surface area contributed by atoms with Gasteiger partial charge in [-0.25, -0.2) is 0 Å². The molecule has 0 bridgehead atoms. The summed E-state index contributed by atoms with van der Waals surface area (Å²) in [4.78, 5) is 12.5. The van der Waals surface area contributed by atoms with Gasteiger partial charge >= 0.3 is 0 Å². The SMILES string of the molecule is CCCCCCCCCCC/C=C\CCCCCCC(O)C(=O)NC(CO)C(O)/C=C/CC/C=C/CC/C=C/CCCCCCCCCCCCCCCCC. The number of carbonyl (C=O) groups is 1. The molecule has 0 aromatic heterocycles. The minimum absolute atomic E-state index is 0.385. The van der Waals surface area contributed by atoms with Gasteiger partial charge in [0.25, 0.3) is 0 Å². The Bertz CT molecular complexity index is 912. The summed E-state index contributed by atoms with van der Waals surface area (Å²) in [5, 5.41) is 33.2. The highest BCUT2D eigenvalue weighted by atomic mass is 16.3. The van der Waals surface area contributed by atoms with Crippen molar-refractivity contribution >= 4 is 5.91 Å². The molecule has 0 aromatic rings. The van der Waals surface area contributed by atoms with E-state index in [0.29, 0.717) is 6.42 Å². The van der Waals surface area contributed by atoms with Crippen molar-refractivity contribution in [2.75, 3.05) is 6.61 Å². The summed E-state index contributed by atoms with van der Waals surface area (Å²) in [7, 11) is 0. The van der Waals surface area contributed by atoms with Crippen LogP contribution in [-0.4, -0.2) is 46.1 Å². The number of unbranched alkanes of at least 4 members (excludes halogenated alkanes) is 30. The quantitative estimate of drug-likeness (QED) is 0.0366. The number of aliphatic hydroxyl groups is 3. The van der Waals surface area contributed by atoms with Gasteiger partial charge in [0, 0.05) is 0 Å².